The predicted octanol–water partition coefficient (Wildman–Crippen LogP) is 3.17. The molecule has 1 rings (SSSR count). The molecule has 3 heteroatoms. The molecule has 12 heavy (non-hydrogen) atoms. The van der Waals surface area contributed by atoms with Gasteiger partial charge >= 0.3 is 0 Å². The molecule has 0 saturated carbocycles. The number of halogens is 2. The van der Waals surface area contributed by atoms with Crippen molar-refractivity contribution in [2.24, 2.45) is 5.73 Å². The first-order chi connectivity index (χ1) is 5.24. The predicted molar refractivity (Wildman–Crippen MR) is 55.9 cm³/mol. The van der Waals surface area contributed by atoms with Crippen molar-refractivity contribution >= 4 is 24.0 Å². The van der Waals surface area contributed by atoms with Crippen molar-refractivity contribution in [2.75, 3.05) is 0 Å². The zero-order valence-electron chi connectivity index (χ0n) is 6.96. The van der Waals surface area contributed by atoms with Gasteiger partial charge in [0.05, 0.1) is 0 Å². The van der Waals surface area contributed by atoms with Gasteiger partial charge in [-0.3, -0.25) is 0 Å². The molecule has 0 bridgehead atoms. The average Bonchev–Trinajstić information content (AvgIpc) is 2.03. The molecule has 0 aliphatic rings. The summed E-state index contributed by atoms with van der Waals surface area (Å²) in [4.78, 5) is 0. The van der Waals surface area contributed by atoms with Gasteiger partial charge in [-0.15, -0.1) is 12.4 Å². The molecule has 1 unspecified atom stereocenters. The van der Waals surface area contributed by atoms with Crippen molar-refractivity contribution in [1.82, 2.24) is 0 Å². The third-order valence-electron chi connectivity index (χ3n) is 1.72. The number of rotatable bonds is 2. The first-order valence-electron chi connectivity index (χ1n) is 3.75. The molecule has 0 aliphatic carbocycles. The summed E-state index contributed by atoms with van der Waals surface area (Å²) in [5, 5.41) is 0.756. The van der Waals surface area contributed by atoms with Gasteiger partial charge in [0.2, 0.25) is 0 Å². The summed E-state index contributed by atoms with van der Waals surface area (Å²) in [5.41, 5.74) is 6.92. The fraction of sp³-hybridized carbons (Fsp3) is 0.333. The molecule has 1 aromatic carbocycles. The highest BCUT2D eigenvalue weighted by Gasteiger charge is 2.01. The minimum absolute atomic E-state index is 0. The second kappa shape index (κ2) is 5.41. The lowest BCUT2D eigenvalue weighted by atomic mass is 10.1. The SMILES string of the molecule is CCC(N)c1cccc(Cl)c1.Cl. The zero-order valence-corrected chi connectivity index (χ0v) is 8.53. The van der Waals surface area contributed by atoms with E-state index in [4.69, 9.17) is 17.3 Å². The first-order valence-corrected chi connectivity index (χ1v) is 4.13. The summed E-state index contributed by atoms with van der Waals surface area (Å²) < 4.78 is 0. The molecule has 0 aromatic heterocycles. The summed E-state index contributed by atoms with van der Waals surface area (Å²) in [6.07, 6.45) is 0.945. The minimum Gasteiger partial charge on any atom is -0.324 e. The molecule has 1 atom stereocenters. The Hall–Kier alpha value is -0.240. The average molecular weight is 206 g/mol. The van der Waals surface area contributed by atoms with Crippen LogP contribution in [0.2, 0.25) is 5.02 Å². The van der Waals surface area contributed by atoms with Crippen LogP contribution in [0.4, 0.5) is 0 Å². The zero-order chi connectivity index (χ0) is 8.27. The van der Waals surface area contributed by atoms with Crippen molar-refractivity contribution in [3.8, 4) is 0 Å². The number of hydrogen-bond acceptors (Lipinski definition) is 1. The summed E-state index contributed by atoms with van der Waals surface area (Å²) in [7, 11) is 0. The van der Waals surface area contributed by atoms with Crippen LogP contribution in [0, 0.1) is 0 Å². The van der Waals surface area contributed by atoms with E-state index in [0.717, 1.165) is 17.0 Å². The van der Waals surface area contributed by atoms with Gasteiger partial charge in [0.25, 0.3) is 0 Å². The summed E-state index contributed by atoms with van der Waals surface area (Å²) >= 11 is 5.79. The quantitative estimate of drug-likeness (QED) is 0.790. The topological polar surface area (TPSA) is 26.0 Å². The molecule has 0 fully saturated rings. The Balaban J connectivity index is 0.00000121. The Morgan fingerprint density at radius 3 is 2.67 bits per heavy atom. The van der Waals surface area contributed by atoms with Crippen LogP contribution in [0.15, 0.2) is 24.3 Å². The number of hydrogen-bond donors (Lipinski definition) is 1. The molecule has 68 valence electrons. The van der Waals surface area contributed by atoms with Crippen LogP contribution in [-0.2, 0) is 0 Å². The fourth-order valence-corrected chi connectivity index (χ4v) is 1.17. The number of nitrogens with two attached hydrogens (primary N) is 1. The van der Waals surface area contributed by atoms with Crippen molar-refractivity contribution in [1.29, 1.82) is 0 Å². The standard InChI is InChI=1S/C9H12ClN.ClH/c1-2-9(11)7-4-3-5-8(10)6-7;/h3-6,9H,2,11H2,1H3;1H. The molecular formula is C9H13Cl2N. The van der Waals surface area contributed by atoms with Gasteiger partial charge in [-0.25, -0.2) is 0 Å². The van der Waals surface area contributed by atoms with E-state index in [9.17, 15) is 0 Å². The highest BCUT2D eigenvalue weighted by molar-refractivity contribution is 6.30. The lowest BCUT2D eigenvalue weighted by Crippen LogP contribution is -2.07. The summed E-state index contributed by atoms with van der Waals surface area (Å²) in [6.45, 7) is 2.06. The Bertz CT molecular complexity index is 238. The van der Waals surface area contributed by atoms with Gasteiger partial charge in [-0.05, 0) is 24.1 Å². The molecule has 0 radical (unpaired) electrons. The van der Waals surface area contributed by atoms with Gasteiger partial charge < -0.3 is 5.73 Å². The molecule has 0 saturated heterocycles. The van der Waals surface area contributed by atoms with Crippen molar-refractivity contribution in [3.05, 3.63) is 34.9 Å². The molecule has 2 N–H and O–H groups in total. The van der Waals surface area contributed by atoms with E-state index in [2.05, 4.69) is 6.92 Å². The maximum atomic E-state index is 5.80. The molecule has 0 amide bonds. The van der Waals surface area contributed by atoms with Crippen LogP contribution in [-0.4, -0.2) is 0 Å². The van der Waals surface area contributed by atoms with Crippen LogP contribution < -0.4 is 5.73 Å². The molecular weight excluding hydrogens is 193 g/mol. The second-order valence-corrected chi connectivity index (χ2v) is 3.01. The van der Waals surface area contributed by atoms with E-state index in [1.54, 1.807) is 0 Å². The van der Waals surface area contributed by atoms with Crippen molar-refractivity contribution in [3.63, 3.8) is 0 Å². The normalized spacial score (nSPS) is 11.9. The third-order valence-corrected chi connectivity index (χ3v) is 1.95. The van der Waals surface area contributed by atoms with E-state index in [1.165, 1.54) is 0 Å². The second-order valence-electron chi connectivity index (χ2n) is 2.57. The highest BCUT2D eigenvalue weighted by Crippen LogP contribution is 2.17. The Kier molecular flexibility index (Phi) is 5.31. The van der Waals surface area contributed by atoms with Gasteiger partial charge in [0, 0.05) is 11.1 Å². The largest absolute Gasteiger partial charge is 0.324 e. The van der Waals surface area contributed by atoms with Crippen molar-refractivity contribution < 1.29 is 0 Å². The minimum atomic E-state index is 0. The van der Waals surface area contributed by atoms with Crippen LogP contribution in [0.5, 0.6) is 0 Å². The molecule has 0 aliphatic heterocycles. The van der Waals surface area contributed by atoms with Gasteiger partial charge in [0.15, 0.2) is 0 Å². The van der Waals surface area contributed by atoms with Crippen LogP contribution >= 0.6 is 24.0 Å². The first kappa shape index (κ1) is 11.8. The van der Waals surface area contributed by atoms with Crippen LogP contribution in [0.25, 0.3) is 0 Å². The van der Waals surface area contributed by atoms with Crippen LogP contribution in [0.3, 0.4) is 0 Å². The van der Waals surface area contributed by atoms with E-state index in [0.29, 0.717) is 0 Å². The summed E-state index contributed by atoms with van der Waals surface area (Å²) in [5.74, 6) is 0. The third kappa shape index (κ3) is 3.02. The number of benzene rings is 1. The summed E-state index contributed by atoms with van der Waals surface area (Å²) in [6, 6.07) is 7.81. The van der Waals surface area contributed by atoms with E-state index < -0.39 is 0 Å². The lowest BCUT2D eigenvalue weighted by molar-refractivity contribution is 0.699. The maximum Gasteiger partial charge on any atom is 0.0409 e. The maximum absolute atomic E-state index is 5.80. The highest BCUT2D eigenvalue weighted by atomic mass is 35.5. The molecule has 1 aromatic rings. The van der Waals surface area contributed by atoms with Crippen LogP contribution in [0.1, 0.15) is 24.9 Å². The molecule has 1 nitrogen and oxygen atoms in total. The van der Waals surface area contributed by atoms with E-state index >= 15 is 0 Å². The van der Waals surface area contributed by atoms with Gasteiger partial charge in [-0.1, -0.05) is 30.7 Å². The molecule has 0 spiro atoms. The fourth-order valence-electron chi connectivity index (χ4n) is 0.973. The monoisotopic (exact) mass is 205 g/mol. The smallest absolute Gasteiger partial charge is 0.0409 e. The van der Waals surface area contributed by atoms with Gasteiger partial charge in [-0.2, -0.15) is 0 Å². The molecule has 0 heterocycles. The Labute approximate surface area is 84.3 Å². The Morgan fingerprint density at radius 2 is 2.17 bits per heavy atom. The van der Waals surface area contributed by atoms with Gasteiger partial charge in [0.1, 0.15) is 0 Å². The van der Waals surface area contributed by atoms with E-state index in [-0.39, 0.29) is 18.4 Å². The van der Waals surface area contributed by atoms with E-state index in [1.807, 2.05) is 24.3 Å². The van der Waals surface area contributed by atoms with Crippen molar-refractivity contribution in [2.45, 2.75) is 19.4 Å². The lowest BCUT2D eigenvalue weighted by Gasteiger charge is -2.08. The Morgan fingerprint density at radius 1 is 1.50 bits per heavy atom.